The van der Waals surface area contributed by atoms with Crippen molar-refractivity contribution in [1.82, 2.24) is 15.0 Å². The number of nitrogens with one attached hydrogen (secondary N) is 1. The summed E-state index contributed by atoms with van der Waals surface area (Å²) in [6.07, 6.45) is 6.24. The van der Waals surface area contributed by atoms with Gasteiger partial charge in [-0.25, -0.2) is 9.97 Å². The molecule has 2 aromatic heterocycles. The molecular weight excluding hydrogens is 372 g/mol. The Bertz CT molecular complexity index is 995. The zero-order valence-corrected chi connectivity index (χ0v) is 16.9. The number of aromatic nitrogens is 3. The van der Waals surface area contributed by atoms with Gasteiger partial charge in [-0.1, -0.05) is 11.6 Å². The molecule has 1 aromatic carbocycles. The SMILES string of the molecule is Cc1ccnc(N2CCc3c([nH]c4ccc(Cl)cc34)[C@@H]2C[C@@H]2CCCOC2)n1. The van der Waals surface area contributed by atoms with Gasteiger partial charge < -0.3 is 14.6 Å². The number of aromatic amines is 1. The molecule has 2 atom stereocenters. The summed E-state index contributed by atoms with van der Waals surface area (Å²) in [7, 11) is 0. The summed E-state index contributed by atoms with van der Waals surface area (Å²) in [5.74, 6) is 1.39. The van der Waals surface area contributed by atoms with E-state index in [0.717, 1.165) is 61.2 Å². The van der Waals surface area contributed by atoms with Crippen LogP contribution >= 0.6 is 11.6 Å². The first-order valence-corrected chi connectivity index (χ1v) is 10.5. The van der Waals surface area contributed by atoms with E-state index in [1.54, 1.807) is 0 Å². The standard InChI is InChI=1S/C22H25ClN4O/c1-14-6-8-24-22(25-14)27-9-7-17-18-12-16(23)4-5-19(18)26-21(17)20(27)11-15-3-2-10-28-13-15/h4-6,8,12,15,20,26H,2-3,7,9-11,13H2,1H3/t15-,20-/m0/s1. The highest BCUT2D eigenvalue weighted by molar-refractivity contribution is 6.31. The van der Waals surface area contributed by atoms with Crippen molar-refractivity contribution >= 4 is 28.5 Å². The fourth-order valence-electron chi connectivity index (χ4n) is 4.71. The van der Waals surface area contributed by atoms with E-state index < -0.39 is 0 Å². The summed E-state index contributed by atoms with van der Waals surface area (Å²) in [6, 6.07) is 8.31. The van der Waals surface area contributed by atoms with E-state index in [-0.39, 0.29) is 6.04 Å². The quantitative estimate of drug-likeness (QED) is 0.688. The van der Waals surface area contributed by atoms with Crippen LogP contribution in [0.5, 0.6) is 0 Å². The second kappa shape index (κ2) is 7.37. The Labute approximate surface area is 170 Å². The number of ether oxygens (including phenoxy) is 1. The van der Waals surface area contributed by atoms with Crippen molar-refractivity contribution in [3.63, 3.8) is 0 Å². The van der Waals surface area contributed by atoms with E-state index in [0.29, 0.717) is 5.92 Å². The summed E-state index contributed by atoms with van der Waals surface area (Å²) >= 11 is 6.29. The van der Waals surface area contributed by atoms with Crippen LogP contribution in [0, 0.1) is 12.8 Å². The third-order valence-corrected chi connectivity index (χ3v) is 6.30. The highest BCUT2D eigenvalue weighted by Gasteiger charge is 2.34. The summed E-state index contributed by atoms with van der Waals surface area (Å²) < 4.78 is 5.77. The summed E-state index contributed by atoms with van der Waals surface area (Å²) in [5.41, 5.74) is 4.84. The summed E-state index contributed by atoms with van der Waals surface area (Å²) in [4.78, 5) is 15.4. The normalized spacial score (nSPS) is 22.4. The monoisotopic (exact) mass is 396 g/mol. The average Bonchev–Trinajstić information content (AvgIpc) is 3.07. The topological polar surface area (TPSA) is 54.0 Å². The van der Waals surface area contributed by atoms with Crippen molar-refractivity contribution in [3.05, 3.63) is 52.4 Å². The largest absolute Gasteiger partial charge is 0.381 e. The van der Waals surface area contributed by atoms with E-state index in [2.05, 4.69) is 27.0 Å². The van der Waals surface area contributed by atoms with Gasteiger partial charge in [-0.2, -0.15) is 0 Å². The first-order chi connectivity index (χ1) is 13.7. The van der Waals surface area contributed by atoms with Crippen LogP contribution < -0.4 is 4.90 Å². The molecule has 0 amide bonds. The number of H-pyrrole nitrogens is 1. The molecule has 1 fully saturated rings. The van der Waals surface area contributed by atoms with E-state index in [9.17, 15) is 0 Å². The molecule has 0 spiro atoms. The van der Waals surface area contributed by atoms with Crippen LogP contribution in [-0.4, -0.2) is 34.7 Å². The van der Waals surface area contributed by atoms with Gasteiger partial charge in [0, 0.05) is 53.3 Å². The summed E-state index contributed by atoms with van der Waals surface area (Å²) in [5, 5.41) is 2.04. The number of hydrogen-bond acceptors (Lipinski definition) is 4. The number of rotatable bonds is 3. The molecule has 0 unspecified atom stereocenters. The number of anilines is 1. The maximum absolute atomic E-state index is 6.29. The summed E-state index contributed by atoms with van der Waals surface area (Å²) in [6.45, 7) is 4.67. The molecule has 0 radical (unpaired) electrons. The lowest BCUT2D eigenvalue weighted by atomic mass is 9.88. The predicted octanol–water partition coefficient (Wildman–Crippen LogP) is 4.84. The number of aryl methyl sites for hydroxylation is 1. The Balaban J connectivity index is 1.58. The van der Waals surface area contributed by atoms with Gasteiger partial charge in [0.25, 0.3) is 0 Å². The van der Waals surface area contributed by atoms with Crippen LogP contribution in [0.25, 0.3) is 10.9 Å². The fraction of sp³-hybridized carbons (Fsp3) is 0.455. The van der Waals surface area contributed by atoms with E-state index in [1.165, 1.54) is 23.1 Å². The molecule has 28 heavy (non-hydrogen) atoms. The predicted molar refractivity (Wildman–Crippen MR) is 112 cm³/mol. The molecule has 6 heteroatoms. The maximum Gasteiger partial charge on any atom is 0.226 e. The molecule has 3 aromatic rings. The lowest BCUT2D eigenvalue weighted by molar-refractivity contribution is 0.0483. The number of halogens is 1. The molecule has 5 nitrogen and oxygen atoms in total. The molecule has 5 rings (SSSR count). The number of hydrogen-bond donors (Lipinski definition) is 1. The van der Waals surface area contributed by atoms with Crippen molar-refractivity contribution in [2.75, 3.05) is 24.7 Å². The van der Waals surface area contributed by atoms with Crippen LogP contribution in [0.4, 0.5) is 5.95 Å². The van der Waals surface area contributed by atoms with Crippen LogP contribution in [0.3, 0.4) is 0 Å². The zero-order chi connectivity index (χ0) is 19.1. The van der Waals surface area contributed by atoms with Crippen LogP contribution in [0.15, 0.2) is 30.5 Å². The Kier molecular flexibility index (Phi) is 4.73. The molecule has 4 heterocycles. The second-order valence-electron chi connectivity index (χ2n) is 7.98. The van der Waals surface area contributed by atoms with Gasteiger partial charge in [0.1, 0.15) is 0 Å². The highest BCUT2D eigenvalue weighted by atomic mass is 35.5. The van der Waals surface area contributed by atoms with E-state index in [4.69, 9.17) is 21.3 Å². The molecule has 2 aliphatic heterocycles. The number of fused-ring (bicyclic) bond motifs is 3. The molecule has 0 saturated carbocycles. The zero-order valence-electron chi connectivity index (χ0n) is 16.1. The Hall–Kier alpha value is -2.11. The lowest BCUT2D eigenvalue weighted by Gasteiger charge is -2.38. The van der Waals surface area contributed by atoms with E-state index >= 15 is 0 Å². The third-order valence-electron chi connectivity index (χ3n) is 6.06. The van der Waals surface area contributed by atoms with Gasteiger partial charge in [-0.05, 0) is 68.4 Å². The minimum absolute atomic E-state index is 0.225. The maximum atomic E-state index is 6.29. The van der Waals surface area contributed by atoms with Gasteiger partial charge in [-0.15, -0.1) is 0 Å². The van der Waals surface area contributed by atoms with Crippen LogP contribution in [-0.2, 0) is 11.2 Å². The lowest BCUT2D eigenvalue weighted by Crippen LogP contribution is -2.38. The van der Waals surface area contributed by atoms with Crippen LogP contribution in [0.2, 0.25) is 5.02 Å². The number of nitrogens with zero attached hydrogens (tertiary/aromatic N) is 3. The van der Waals surface area contributed by atoms with Gasteiger partial charge in [0.15, 0.2) is 0 Å². The molecule has 1 N–H and O–H groups in total. The van der Waals surface area contributed by atoms with Gasteiger partial charge in [0.05, 0.1) is 6.04 Å². The molecule has 0 bridgehead atoms. The minimum atomic E-state index is 0.225. The number of benzene rings is 1. The Morgan fingerprint density at radius 2 is 2.25 bits per heavy atom. The Morgan fingerprint density at radius 3 is 3.07 bits per heavy atom. The molecule has 146 valence electrons. The van der Waals surface area contributed by atoms with Crippen molar-refractivity contribution in [2.24, 2.45) is 5.92 Å². The smallest absolute Gasteiger partial charge is 0.226 e. The molecule has 0 aliphatic carbocycles. The van der Waals surface area contributed by atoms with Crippen molar-refractivity contribution in [1.29, 1.82) is 0 Å². The van der Waals surface area contributed by atoms with Gasteiger partial charge >= 0.3 is 0 Å². The average molecular weight is 397 g/mol. The van der Waals surface area contributed by atoms with E-state index in [1.807, 2.05) is 25.3 Å². The first kappa shape index (κ1) is 18.0. The van der Waals surface area contributed by atoms with Gasteiger partial charge in [-0.3, -0.25) is 0 Å². The minimum Gasteiger partial charge on any atom is -0.381 e. The molecular formula is C22H25ClN4O. The first-order valence-electron chi connectivity index (χ1n) is 10.1. The Morgan fingerprint density at radius 1 is 1.32 bits per heavy atom. The van der Waals surface area contributed by atoms with Crippen molar-refractivity contribution in [3.8, 4) is 0 Å². The second-order valence-corrected chi connectivity index (χ2v) is 8.42. The molecule has 1 saturated heterocycles. The van der Waals surface area contributed by atoms with Crippen molar-refractivity contribution in [2.45, 2.75) is 38.6 Å². The fourth-order valence-corrected chi connectivity index (χ4v) is 4.88. The van der Waals surface area contributed by atoms with Crippen molar-refractivity contribution < 1.29 is 4.74 Å². The van der Waals surface area contributed by atoms with Crippen LogP contribution in [0.1, 0.15) is 42.3 Å². The highest BCUT2D eigenvalue weighted by Crippen LogP contribution is 2.40. The van der Waals surface area contributed by atoms with Gasteiger partial charge in [0.2, 0.25) is 5.95 Å². The third kappa shape index (κ3) is 3.27. The molecule has 2 aliphatic rings.